The van der Waals surface area contributed by atoms with Gasteiger partial charge in [0.05, 0.1) is 28.6 Å². The van der Waals surface area contributed by atoms with Crippen LogP contribution in [0.5, 0.6) is 5.75 Å². The van der Waals surface area contributed by atoms with E-state index in [1.165, 1.54) is 23.4 Å². The predicted octanol–water partition coefficient (Wildman–Crippen LogP) is 5.56. The molecule has 0 saturated heterocycles. The van der Waals surface area contributed by atoms with Gasteiger partial charge in [-0.25, -0.2) is 4.79 Å². The lowest BCUT2D eigenvalue weighted by atomic mass is 10.2. The number of aromatic nitrogens is 3. The minimum Gasteiger partial charge on any atom is -0.483 e. The molecule has 1 aromatic heterocycles. The van der Waals surface area contributed by atoms with Gasteiger partial charge in [0, 0.05) is 6.54 Å². The fourth-order valence-electron chi connectivity index (χ4n) is 3.34. The molecule has 2 aromatic carbocycles. The molecule has 1 heterocycles. The zero-order valence-corrected chi connectivity index (χ0v) is 21.8. The lowest BCUT2D eigenvalue weighted by molar-refractivity contribution is -0.113. The number of hydrogen-bond donors (Lipinski definition) is 1. The maximum Gasteiger partial charge on any atom is 0.338 e. The average molecular weight is 517 g/mol. The fourth-order valence-corrected chi connectivity index (χ4v) is 4.32. The Bertz CT molecular complexity index is 1170. The number of carbonyl (C=O) groups excluding carboxylic acids is 2. The Balaban J connectivity index is 1.63. The van der Waals surface area contributed by atoms with Crippen molar-refractivity contribution in [1.29, 1.82) is 0 Å². The molecule has 1 atom stereocenters. The van der Waals surface area contributed by atoms with E-state index in [9.17, 15) is 9.59 Å². The highest BCUT2D eigenvalue weighted by atomic mass is 35.5. The van der Waals surface area contributed by atoms with Crippen molar-refractivity contribution < 1.29 is 19.1 Å². The Morgan fingerprint density at radius 3 is 2.51 bits per heavy atom. The molecular weight excluding hydrogens is 488 g/mol. The molecule has 8 nitrogen and oxygen atoms in total. The van der Waals surface area contributed by atoms with Crippen molar-refractivity contribution in [3.8, 4) is 5.75 Å². The zero-order chi connectivity index (χ0) is 25.4. The van der Waals surface area contributed by atoms with Crippen LogP contribution in [-0.4, -0.2) is 39.0 Å². The van der Waals surface area contributed by atoms with E-state index in [0.29, 0.717) is 33.8 Å². The second-order valence-electron chi connectivity index (χ2n) is 7.59. The van der Waals surface area contributed by atoms with Gasteiger partial charge in [0.15, 0.2) is 17.1 Å². The van der Waals surface area contributed by atoms with Crippen LogP contribution < -0.4 is 10.1 Å². The molecule has 0 aliphatic rings. The summed E-state index contributed by atoms with van der Waals surface area (Å²) in [7, 11) is 0. The summed E-state index contributed by atoms with van der Waals surface area (Å²) in [5.74, 6) is 0.767. The number of thioether (sulfide) groups is 1. The van der Waals surface area contributed by atoms with Crippen molar-refractivity contribution in [2.45, 2.75) is 51.9 Å². The van der Waals surface area contributed by atoms with E-state index in [4.69, 9.17) is 21.1 Å². The third-order valence-electron chi connectivity index (χ3n) is 5.15. The molecule has 35 heavy (non-hydrogen) atoms. The van der Waals surface area contributed by atoms with Crippen LogP contribution in [0.15, 0.2) is 47.6 Å². The van der Waals surface area contributed by atoms with Gasteiger partial charge in [-0.2, -0.15) is 0 Å². The Kier molecular flexibility index (Phi) is 9.56. The van der Waals surface area contributed by atoms with Crippen LogP contribution in [-0.2, 0) is 22.5 Å². The second kappa shape index (κ2) is 12.6. The van der Waals surface area contributed by atoms with E-state index in [-0.39, 0.29) is 24.4 Å². The number of nitrogens with zero attached hydrogens (tertiary/aromatic N) is 3. The minimum atomic E-state index is -0.477. The highest BCUT2D eigenvalue weighted by molar-refractivity contribution is 7.99. The number of nitrogens with one attached hydrogen (secondary N) is 1. The van der Waals surface area contributed by atoms with Crippen molar-refractivity contribution >= 4 is 40.9 Å². The molecule has 0 aliphatic heterocycles. The van der Waals surface area contributed by atoms with Gasteiger partial charge in [-0.15, -0.1) is 10.2 Å². The molecule has 0 bridgehead atoms. The largest absolute Gasteiger partial charge is 0.483 e. The Hall–Kier alpha value is -3.04. The van der Waals surface area contributed by atoms with E-state index >= 15 is 0 Å². The summed E-state index contributed by atoms with van der Waals surface area (Å²) in [5.41, 5.74) is 1.90. The first-order valence-electron chi connectivity index (χ1n) is 11.4. The molecule has 1 amide bonds. The van der Waals surface area contributed by atoms with Crippen LogP contribution in [0.25, 0.3) is 0 Å². The number of esters is 1. The number of benzene rings is 2. The zero-order valence-electron chi connectivity index (χ0n) is 20.2. The lowest BCUT2D eigenvalue weighted by Crippen LogP contribution is -2.16. The highest BCUT2D eigenvalue weighted by Crippen LogP contribution is 2.27. The second-order valence-corrected chi connectivity index (χ2v) is 8.94. The van der Waals surface area contributed by atoms with Crippen LogP contribution in [0, 0.1) is 0 Å². The van der Waals surface area contributed by atoms with Gasteiger partial charge in [-0.3, -0.25) is 4.79 Å². The Morgan fingerprint density at radius 1 is 1.11 bits per heavy atom. The van der Waals surface area contributed by atoms with Crippen LogP contribution in [0.2, 0.25) is 5.02 Å². The minimum absolute atomic E-state index is 0.0891. The highest BCUT2D eigenvalue weighted by Gasteiger charge is 2.20. The summed E-state index contributed by atoms with van der Waals surface area (Å²) in [6.45, 7) is 8.63. The lowest BCUT2D eigenvalue weighted by Gasteiger charge is -2.16. The normalized spacial score (nSPS) is 11.7. The number of ether oxygens (including phenoxy) is 2. The molecule has 186 valence electrons. The van der Waals surface area contributed by atoms with Gasteiger partial charge in [0.25, 0.3) is 0 Å². The first-order chi connectivity index (χ1) is 16.9. The average Bonchev–Trinajstić information content (AvgIpc) is 3.28. The molecule has 0 radical (unpaired) electrons. The summed E-state index contributed by atoms with van der Waals surface area (Å²) >= 11 is 7.45. The fraction of sp³-hybridized carbons (Fsp3) is 0.360. The van der Waals surface area contributed by atoms with Gasteiger partial charge in [0.1, 0.15) is 5.75 Å². The number of halogens is 1. The molecule has 3 aromatic rings. The van der Waals surface area contributed by atoms with E-state index in [1.807, 2.05) is 42.7 Å². The van der Waals surface area contributed by atoms with Crippen molar-refractivity contribution in [3.05, 3.63) is 64.4 Å². The van der Waals surface area contributed by atoms with Crippen molar-refractivity contribution in [3.63, 3.8) is 0 Å². The molecule has 0 spiro atoms. The van der Waals surface area contributed by atoms with E-state index < -0.39 is 5.97 Å². The summed E-state index contributed by atoms with van der Waals surface area (Å²) in [4.78, 5) is 24.6. The van der Waals surface area contributed by atoms with Gasteiger partial charge in [-0.1, -0.05) is 42.4 Å². The monoisotopic (exact) mass is 516 g/mol. The van der Waals surface area contributed by atoms with Gasteiger partial charge in [-0.05, 0) is 63.1 Å². The van der Waals surface area contributed by atoms with Crippen molar-refractivity contribution in [2.75, 3.05) is 17.7 Å². The first-order valence-corrected chi connectivity index (χ1v) is 12.8. The third kappa shape index (κ3) is 6.99. The quantitative estimate of drug-likeness (QED) is 0.263. The maximum absolute atomic E-state index is 12.6. The van der Waals surface area contributed by atoms with Gasteiger partial charge in [0.2, 0.25) is 5.91 Å². The van der Waals surface area contributed by atoms with Crippen LogP contribution >= 0.6 is 23.4 Å². The van der Waals surface area contributed by atoms with Crippen molar-refractivity contribution in [1.82, 2.24) is 14.8 Å². The number of rotatable bonds is 11. The van der Waals surface area contributed by atoms with Gasteiger partial charge < -0.3 is 19.4 Å². The number of amides is 1. The molecule has 0 fully saturated rings. The molecular formula is C25H29ClN4O4S. The number of carbonyl (C=O) groups is 2. The molecule has 0 aliphatic carbocycles. The smallest absolute Gasteiger partial charge is 0.338 e. The van der Waals surface area contributed by atoms with Gasteiger partial charge >= 0.3 is 5.97 Å². The summed E-state index contributed by atoms with van der Waals surface area (Å²) in [6.07, 6.45) is 0.652. The van der Waals surface area contributed by atoms with Crippen LogP contribution in [0.4, 0.5) is 5.69 Å². The Morgan fingerprint density at radius 2 is 1.86 bits per heavy atom. The summed E-state index contributed by atoms with van der Waals surface area (Å²) < 4.78 is 13.0. The SMILES string of the molecule is CCOC(=O)c1ccc(Cl)c(NC(=O)CSc2nnc(C(C)Oc3ccc(CC)cc3)n2CC)c1. The van der Waals surface area contributed by atoms with Crippen molar-refractivity contribution in [2.24, 2.45) is 0 Å². The number of anilines is 1. The first kappa shape index (κ1) is 26.6. The molecule has 3 rings (SSSR count). The third-order valence-corrected chi connectivity index (χ3v) is 6.45. The standard InChI is InChI=1S/C25H29ClN4O4S/c1-5-17-8-11-19(12-9-17)34-16(4)23-28-29-25(30(23)6-2)35-15-22(31)27-21-14-18(10-13-20(21)26)24(32)33-7-3/h8-14,16H,5-7,15H2,1-4H3,(H,27,31). The number of hydrogen-bond acceptors (Lipinski definition) is 7. The van der Waals surface area contributed by atoms with E-state index in [1.54, 1.807) is 19.1 Å². The maximum atomic E-state index is 12.6. The summed E-state index contributed by atoms with van der Waals surface area (Å²) in [5, 5.41) is 12.2. The number of aryl methyl sites for hydroxylation is 1. The summed E-state index contributed by atoms with van der Waals surface area (Å²) in [6, 6.07) is 12.6. The molecule has 1 N–H and O–H groups in total. The Labute approximate surface area is 214 Å². The van der Waals surface area contributed by atoms with Crippen LogP contribution in [0.1, 0.15) is 55.5 Å². The predicted molar refractivity (Wildman–Crippen MR) is 137 cm³/mol. The van der Waals surface area contributed by atoms with E-state index in [0.717, 1.165) is 12.2 Å². The van der Waals surface area contributed by atoms with E-state index in [2.05, 4.69) is 22.4 Å². The molecule has 0 saturated carbocycles. The van der Waals surface area contributed by atoms with Crippen LogP contribution in [0.3, 0.4) is 0 Å². The molecule has 10 heteroatoms. The molecule has 1 unspecified atom stereocenters. The topological polar surface area (TPSA) is 95.3 Å².